The SMILES string of the molecule is COCC[C@@]1(CO)CCCN(Cc2noc(COC)n2)C1. The summed E-state index contributed by atoms with van der Waals surface area (Å²) in [4.78, 5) is 6.57. The first-order chi connectivity index (χ1) is 10.2. The summed E-state index contributed by atoms with van der Waals surface area (Å²) in [6.45, 7) is 3.66. The van der Waals surface area contributed by atoms with Crippen LogP contribution in [0.5, 0.6) is 0 Å². The number of hydrogen-bond acceptors (Lipinski definition) is 7. The number of aromatic nitrogens is 2. The number of piperidine rings is 1. The van der Waals surface area contributed by atoms with Crippen molar-refractivity contribution in [3.8, 4) is 0 Å². The Morgan fingerprint density at radius 3 is 2.95 bits per heavy atom. The molecule has 120 valence electrons. The van der Waals surface area contributed by atoms with E-state index < -0.39 is 0 Å². The lowest BCUT2D eigenvalue weighted by atomic mass is 9.78. The lowest BCUT2D eigenvalue weighted by Gasteiger charge is -2.41. The normalized spacial score (nSPS) is 23.6. The summed E-state index contributed by atoms with van der Waals surface area (Å²) in [5.74, 6) is 1.17. The Bertz CT molecular complexity index is 426. The summed E-state index contributed by atoms with van der Waals surface area (Å²) >= 11 is 0. The van der Waals surface area contributed by atoms with Gasteiger partial charge in [-0.3, -0.25) is 4.90 Å². The van der Waals surface area contributed by atoms with Crippen LogP contribution in [0.4, 0.5) is 0 Å². The third-order valence-electron chi connectivity index (χ3n) is 4.06. The molecule has 0 spiro atoms. The smallest absolute Gasteiger partial charge is 0.252 e. The van der Waals surface area contributed by atoms with E-state index in [1.165, 1.54) is 0 Å². The summed E-state index contributed by atoms with van der Waals surface area (Å²) < 4.78 is 15.2. The van der Waals surface area contributed by atoms with Gasteiger partial charge in [-0.05, 0) is 25.8 Å². The van der Waals surface area contributed by atoms with Gasteiger partial charge in [0.1, 0.15) is 6.61 Å². The van der Waals surface area contributed by atoms with Crippen molar-refractivity contribution in [3.63, 3.8) is 0 Å². The van der Waals surface area contributed by atoms with Crippen molar-refractivity contribution in [1.82, 2.24) is 15.0 Å². The molecule has 0 saturated carbocycles. The first kappa shape index (κ1) is 16.4. The molecule has 1 fully saturated rings. The van der Waals surface area contributed by atoms with Crippen molar-refractivity contribution >= 4 is 0 Å². The molecule has 0 unspecified atom stereocenters. The second-order valence-electron chi connectivity index (χ2n) is 5.75. The van der Waals surface area contributed by atoms with Gasteiger partial charge in [0.2, 0.25) is 0 Å². The molecule has 1 aromatic heterocycles. The van der Waals surface area contributed by atoms with Gasteiger partial charge >= 0.3 is 0 Å². The largest absolute Gasteiger partial charge is 0.396 e. The maximum atomic E-state index is 9.78. The van der Waals surface area contributed by atoms with Gasteiger partial charge in [-0.1, -0.05) is 5.16 Å². The van der Waals surface area contributed by atoms with Gasteiger partial charge in [0.25, 0.3) is 5.89 Å². The lowest BCUT2D eigenvalue weighted by molar-refractivity contribution is 0.00377. The molecule has 2 rings (SSSR count). The van der Waals surface area contributed by atoms with E-state index >= 15 is 0 Å². The molecule has 0 aliphatic carbocycles. The molecule has 1 atom stereocenters. The molecule has 7 heteroatoms. The summed E-state index contributed by atoms with van der Waals surface area (Å²) in [7, 11) is 3.29. The van der Waals surface area contributed by atoms with Gasteiger partial charge in [-0.25, -0.2) is 0 Å². The Morgan fingerprint density at radius 2 is 2.24 bits per heavy atom. The van der Waals surface area contributed by atoms with Crippen molar-refractivity contribution in [1.29, 1.82) is 0 Å². The Kier molecular flexibility index (Phi) is 6.10. The minimum Gasteiger partial charge on any atom is -0.396 e. The Morgan fingerprint density at radius 1 is 1.38 bits per heavy atom. The van der Waals surface area contributed by atoms with Gasteiger partial charge in [0, 0.05) is 32.8 Å². The van der Waals surface area contributed by atoms with Crippen molar-refractivity contribution in [2.75, 3.05) is 40.5 Å². The third kappa shape index (κ3) is 4.47. The highest BCUT2D eigenvalue weighted by atomic mass is 16.5. The van der Waals surface area contributed by atoms with E-state index in [4.69, 9.17) is 14.0 Å². The Hall–Kier alpha value is -1.02. The summed E-state index contributed by atoms with van der Waals surface area (Å²) in [5, 5.41) is 13.7. The molecule has 1 aliphatic rings. The molecule has 21 heavy (non-hydrogen) atoms. The quantitative estimate of drug-likeness (QED) is 0.761. The van der Waals surface area contributed by atoms with Gasteiger partial charge in [0.05, 0.1) is 13.2 Å². The molecular weight excluding hydrogens is 274 g/mol. The average molecular weight is 299 g/mol. The van der Waals surface area contributed by atoms with Gasteiger partial charge in [0.15, 0.2) is 5.82 Å². The van der Waals surface area contributed by atoms with E-state index in [-0.39, 0.29) is 12.0 Å². The molecule has 1 aromatic rings. The average Bonchev–Trinajstić information content (AvgIpc) is 2.93. The molecule has 0 amide bonds. The maximum absolute atomic E-state index is 9.78. The van der Waals surface area contributed by atoms with Crippen molar-refractivity contribution < 1.29 is 19.1 Å². The Labute approximate surface area is 125 Å². The van der Waals surface area contributed by atoms with Crippen LogP contribution in [-0.2, 0) is 22.6 Å². The predicted molar refractivity (Wildman–Crippen MR) is 75.5 cm³/mol. The number of hydrogen-bond donors (Lipinski definition) is 1. The van der Waals surface area contributed by atoms with Crippen LogP contribution >= 0.6 is 0 Å². The maximum Gasteiger partial charge on any atom is 0.252 e. The van der Waals surface area contributed by atoms with E-state index in [0.717, 1.165) is 32.4 Å². The highest BCUT2D eigenvalue weighted by molar-refractivity contribution is 4.91. The van der Waals surface area contributed by atoms with Crippen LogP contribution in [0.2, 0.25) is 0 Å². The zero-order valence-electron chi connectivity index (χ0n) is 12.9. The number of rotatable bonds is 8. The van der Waals surface area contributed by atoms with Crippen LogP contribution < -0.4 is 0 Å². The molecule has 0 bridgehead atoms. The molecule has 1 N–H and O–H groups in total. The minimum atomic E-state index is -0.0760. The third-order valence-corrected chi connectivity index (χ3v) is 4.06. The van der Waals surface area contributed by atoms with Crippen LogP contribution in [-0.4, -0.2) is 60.7 Å². The van der Waals surface area contributed by atoms with Gasteiger partial charge in [-0.2, -0.15) is 4.98 Å². The number of ether oxygens (including phenoxy) is 2. The second kappa shape index (κ2) is 7.84. The van der Waals surface area contributed by atoms with Crippen molar-refractivity contribution in [2.45, 2.75) is 32.4 Å². The molecule has 1 aliphatic heterocycles. The van der Waals surface area contributed by atoms with Crippen LogP contribution in [0.3, 0.4) is 0 Å². The molecule has 0 aromatic carbocycles. The van der Waals surface area contributed by atoms with Crippen LogP contribution in [0.15, 0.2) is 4.52 Å². The standard InChI is InChI=1S/C14H25N3O4/c1-19-7-5-14(11-18)4-3-6-17(10-14)8-12-15-13(9-20-2)21-16-12/h18H,3-11H2,1-2H3/t14-/m0/s1. The number of aliphatic hydroxyl groups excluding tert-OH is 1. The summed E-state index contributed by atoms with van der Waals surface area (Å²) in [6.07, 6.45) is 2.97. The number of aliphatic hydroxyl groups is 1. The van der Waals surface area contributed by atoms with Gasteiger partial charge in [-0.15, -0.1) is 0 Å². The number of methoxy groups -OCH3 is 2. The van der Waals surface area contributed by atoms with Gasteiger partial charge < -0.3 is 19.1 Å². The predicted octanol–water partition coefficient (Wildman–Crippen LogP) is 0.827. The van der Waals surface area contributed by atoms with E-state index in [2.05, 4.69) is 15.0 Å². The first-order valence-electron chi connectivity index (χ1n) is 7.34. The fraction of sp³-hybridized carbons (Fsp3) is 0.857. The summed E-state index contributed by atoms with van der Waals surface area (Å²) in [6, 6.07) is 0. The number of nitrogens with zero attached hydrogens (tertiary/aromatic N) is 3. The molecular formula is C14H25N3O4. The van der Waals surface area contributed by atoms with Crippen LogP contribution in [0.1, 0.15) is 31.0 Å². The highest BCUT2D eigenvalue weighted by Gasteiger charge is 2.35. The zero-order chi connectivity index (χ0) is 15.1. The fourth-order valence-electron chi connectivity index (χ4n) is 2.91. The molecule has 2 heterocycles. The molecule has 0 radical (unpaired) electrons. The zero-order valence-corrected chi connectivity index (χ0v) is 12.9. The van der Waals surface area contributed by atoms with Crippen LogP contribution in [0.25, 0.3) is 0 Å². The van der Waals surface area contributed by atoms with Crippen molar-refractivity contribution in [2.24, 2.45) is 5.41 Å². The number of likely N-dealkylation sites (tertiary alicyclic amines) is 1. The second-order valence-corrected chi connectivity index (χ2v) is 5.75. The lowest BCUT2D eigenvalue weighted by Crippen LogP contribution is -2.45. The van der Waals surface area contributed by atoms with Crippen molar-refractivity contribution in [3.05, 3.63) is 11.7 Å². The first-order valence-corrected chi connectivity index (χ1v) is 7.34. The van der Waals surface area contributed by atoms with E-state index in [9.17, 15) is 5.11 Å². The molecule has 7 nitrogen and oxygen atoms in total. The highest BCUT2D eigenvalue weighted by Crippen LogP contribution is 2.33. The van der Waals surface area contributed by atoms with E-state index in [0.29, 0.717) is 31.5 Å². The Balaban J connectivity index is 1.93. The minimum absolute atomic E-state index is 0.0760. The van der Waals surface area contributed by atoms with Crippen LogP contribution in [0, 0.1) is 5.41 Å². The molecule has 1 saturated heterocycles. The van der Waals surface area contributed by atoms with E-state index in [1.807, 2.05) is 0 Å². The fourth-order valence-corrected chi connectivity index (χ4v) is 2.91. The monoisotopic (exact) mass is 299 g/mol. The van der Waals surface area contributed by atoms with E-state index in [1.54, 1.807) is 14.2 Å². The topological polar surface area (TPSA) is 80.9 Å². The summed E-state index contributed by atoms with van der Waals surface area (Å²) in [5.41, 5.74) is -0.0760.